The Morgan fingerprint density at radius 2 is 1.76 bits per heavy atom. The van der Waals surface area contributed by atoms with Crippen molar-refractivity contribution in [3.8, 4) is 11.3 Å². The van der Waals surface area contributed by atoms with Gasteiger partial charge in [0.2, 0.25) is 0 Å². The lowest BCUT2D eigenvalue weighted by atomic mass is 9.92. The topological polar surface area (TPSA) is 125 Å². The van der Waals surface area contributed by atoms with Crippen molar-refractivity contribution < 1.29 is 9.53 Å². The minimum absolute atomic E-state index is 0.107. The summed E-state index contributed by atoms with van der Waals surface area (Å²) in [5.74, 6) is 0.351. The second kappa shape index (κ2) is 12.8. The van der Waals surface area contributed by atoms with Gasteiger partial charge in [-0.05, 0) is 88.9 Å². The smallest absolute Gasteiger partial charge is 0.271 e. The Kier molecular flexibility index (Phi) is 8.56. The molecule has 4 N–H and O–H groups in total. The number of hydrogen-bond donors (Lipinski definition) is 3. The van der Waals surface area contributed by atoms with E-state index in [0.29, 0.717) is 30.0 Å². The van der Waals surface area contributed by atoms with Crippen LogP contribution in [0.3, 0.4) is 0 Å². The zero-order valence-corrected chi connectivity index (χ0v) is 27.4. The van der Waals surface area contributed by atoms with Gasteiger partial charge in [-0.1, -0.05) is 0 Å². The van der Waals surface area contributed by atoms with Gasteiger partial charge in [0, 0.05) is 92.2 Å². The van der Waals surface area contributed by atoms with Crippen LogP contribution >= 0.6 is 0 Å². The molecule has 3 aliphatic heterocycles. The lowest BCUT2D eigenvalue weighted by molar-refractivity contribution is 0.0351. The Balaban J connectivity index is 1.13. The van der Waals surface area contributed by atoms with Crippen LogP contribution in [0.1, 0.15) is 53.8 Å². The van der Waals surface area contributed by atoms with E-state index in [-0.39, 0.29) is 17.2 Å². The second-order valence-electron chi connectivity index (χ2n) is 13.8. The van der Waals surface area contributed by atoms with E-state index in [1.54, 1.807) is 6.20 Å². The highest BCUT2D eigenvalue weighted by atomic mass is 16.5. The minimum atomic E-state index is -0.630. The third kappa shape index (κ3) is 6.41. The summed E-state index contributed by atoms with van der Waals surface area (Å²) >= 11 is 0. The van der Waals surface area contributed by atoms with Gasteiger partial charge in [-0.25, -0.2) is 9.97 Å². The Hall–Kier alpha value is -3.80. The van der Waals surface area contributed by atoms with Crippen molar-refractivity contribution in [1.82, 2.24) is 24.8 Å². The maximum absolute atomic E-state index is 12.8. The number of likely N-dealkylation sites (N-methyl/N-ethyl adjacent to an activating group) is 1. The first-order valence-electron chi connectivity index (χ1n) is 16.8. The van der Waals surface area contributed by atoms with Gasteiger partial charge >= 0.3 is 0 Å². The summed E-state index contributed by atoms with van der Waals surface area (Å²) in [5, 5.41) is 7.13. The maximum Gasteiger partial charge on any atom is 0.271 e. The van der Waals surface area contributed by atoms with E-state index in [0.717, 1.165) is 69.0 Å². The average molecular weight is 626 g/mol. The van der Waals surface area contributed by atoms with Crippen molar-refractivity contribution in [3.05, 3.63) is 53.5 Å². The summed E-state index contributed by atoms with van der Waals surface area (Å²) in [6, 6.07) is 11.1. The normalized spacial score (nSPS) is 22.2. The molecule has 1 spiro atoms. The number of pyridine rings is 1. The number of ether oxygens (including phenoxy) is 1. The first-order chi connectivity index (χ1) is 22.3. The molecule has 1 aromatic carbocycles. The molecule has 1 atom stereocenters. The molecule has 4 aliphatic rings. The molecule has 3 aromatic rings. The number of rotatable bonds is 8. The van der Waals surface area contributed by atoms with Gasteiger partial charge in [-0.3, -0.25) is 14.7 Å². The van der Waals surface area contributed by atoms with Gasteiger partial charge < -0.3 is 30.9 Å². The standard InChI is InChI=1S/C35H47N9O2/c1-23-20-26(4-5-28(23)44-13-7-27(8-14-44)43-17-15-42(3)16-18-43)38-34-31(32(36)45)40-30(25-6-12-37-24(2)21-25)33(41-34)39-29-9-19-46-22-35(29)10-11-35/h4-6,12,20-21,27,29H,7-11,13-19,22H2,1-3H3,(H2,36,45)(H2,38,39,41). The van der Waals surface area contributed by atoms with Gasteiger partial charge in [0.15, 0.2) is 17.3 Å². The number of primary amides is 1. The number of amides is 1. The number of nitrogens with one attached hydrogen (secondary N) is 2. The SMILES string of the molecule is Cc1cc(-c2nc(C(N)=O)c(Nc3ccc(N4CCC(N5CCN(C)CC5)CC4)c(C)c3)nc2NC2CCOCC23CC3)ccn1. The molecule has 4 fully saturated rings. The third-order valence-electron chi connectivity index (χ3n) is 10.5. The monoisotopic (exact) mass is 625 g/mol. The molecule has 11 nitrogen and oxygen atoms in total. The quantitative estimate of drug-likeness (QED) is 0.336. The molecule has 0 radical (unpaired) electrons. The van der Waals surface area contributed by atoms with E-state index in [1.165, 1.54) is 37.2 Å². The molecule has 0 bridgehead atoms. The number of aryl methyl sites for hydroxylation is 2. The average Bonchev–Trinajstić information content (AvgIpc) is 3.82. The van der Waals surface area contributed by atoms with Crippen molar-refractivity contribution in [2.24, 2.45) is 11.1 Å². The molecule has 5 heterocycles. The number of carbonyl (C=O) groups excluding carboxylic acids is 1. The Morgan fingerprint density at radius 3 is 2.46 bits per heavy atom. The van der Waals surface area contributed by atoms with Gasteiger partial charge in [0.05, 0.1) is 6.61 Å². The van der Waals surface area contributed by atoms with Gasteiger partial charge in [-0.2, -0.15) is 0 Å². The van der Waals surface area contributed by atoms with Crippen LogP contribution in [0.2, 0.25) is 0 Å². The molecule has 2 aromatic heterocycles. The summed E-state index contributed by atoms with van der Waals surface area (Å²) in [5.41, 5.74) is 11.7. The fourth-order valence-corrected chi connectivity index (χ4v) is 7.50. The molecule has 1 aliphatic carbocycles. The number of hydrogen-bond acceptors (Lipinski definition) is 10. The number of piperidine rings is 1. The summed E-state index contributed by atoms with van der Waals surface area (Å²) in [7, 11) is 2.22. The zero-order valence-electron chi connectivity index (χ0n) is 27.4. The highest BCUT2D eigenvalue weighted by Gasteiger charge is 2.51. The third-order valence-corrected chi connectivity index (χ3v) is 10.5. The van der Waals surface area contributed by atoms with Gasteiger partial charge in [-0.15, -0.1) is 0 Å². The molecule has 46 heavy (non-hydrogen) atoms. The largest absolute Gasteiger partial charge is 0.381 e. The molecule has 1 amide bonds. The van der Waals surface area contributed by atoms with Crippen molar-refractivity contribution in [1.29, 1.82) is 0 Å². The van der Waals surface area contributed by atoms with Crippen LogP contribution in [-0.2, 0) is 4.74 Å². The van der Waals surface area contributed by atoms with Crippen LogP contribution in [0.5, 0.6) is 0 Å². The van der Waals surface area contributed by atoms with Crippen LogP contribution in [0, 0.1) is 19.3 Å². The van der Waals surface area contributed by atoms with Gasteiger partial charge in [0.1, 0.15) is 5.69 Å². The summed E-state index contributed by atoms with van der Waals surface area (Å²) in [6.07, 6.45) is 7.28. The lowest BCUT2D eigenvalue weighted by Gasteiger charge is -2.43. The fraction of sp³-hybridized carbons (Fsp3) is 0.543. The van der Waals surface area contributed by atoms with Crippen molar-refractivity contribution in [2.75, 3.05) is 75.1 Å². The Morgan fingerprint density at radius 1 is 0.978 bits per heavy atom. The van der Waals surface area contributed by atoms with Crippen molar-refractivity contribution in [2.45, 2.75) is 58.0 Å². The highest BCUT2D eigenvalue weighted by Crippen LogP contribution is 2.52. The van der Waals surface area contributed by atoms with E-state index < -0.39 is 5.91 Å². The van der Waals surface area contributed by atoms with Gasteiger partial charge in [0.25, 0.3) is 5.91 Å². The molecular weight excluding hydrogens is 578 g/mol. The van der Waals surface area contributed by atoms with E-state index in [9.17, 15) is 4.79 Å². The summed E-state index contributed by atoms with van der Waals surface area (Å²) in [6.45, 7) is 12.3. The molecule has 1 unspecified atom stereocenters. The predicted molar refractivity (Wildman–Crippen MR) is 182 cm³/mol. The van der Waals surface area contributed by atoms with E-state index >= 15 is 0 Å². The Bertz CT molecular complexity index is 1580. The van der Waals surface area contributed by atoms with E-state index in [4.69, 9.17) is 20.4 Å². The molecule has 3 saturated heterocycles. The summed E-state index contributed by atoms with van der Waals surface area (Å²) in [4.78, 5) is 34.6. The first kappa shape index (κ1) is 30.8. The van der Waals surface area contributed by atoms with Crippen LogP contribution in [0.4, 0.5) is 23.0 Å². The van der Waals surface area contributed by atoms with Crippen molar-refractivity contribution >= 4 is 28.9 Å². The Labute approximate surface area is 271 Å². The van der Waals surface area contributed by atoms with Crippen LogP contribution in [0.25, 0.3) is 11.3 Å². The number of benzene rings is 1. The number of piperazine rings is 1. The van der Waals surface area contributed by atoms with Crippen LogP contribution < -0.4 is 21.3 Å². The van der Waals surface area contributed by atoms with E-state index in [2.05, 4.69) is 62.5 Å². The fourth-order valence-electron chi connectivity index (χ4n) is 7.50. The minimum Gasteiger partial charge on any atom is -0.381 e. The highest BCUT2D eigenvalue weighted by molar-refractivity contribution is 5.97. The van der Waals surface area contributed by atoms with Crippen molar-refractivity contribution in [3.63, 3.8) is 0 Å². The zero-order chi connectivity index (χ0) is 31.8. The molecular formula is C35H47N9O2. The maximum atomic E-state index is 12.8. The van der Waals surface area contributed by atoms with Crippen LogP contribution in [0.15, 0.2) is 36.5 Å². The van der Waals surface area contributed by atoms with E-state index in [1.807, 2.05) is 19.1 Å². The number of aromatic nitrogens is 3. The number of nitrogens with zero attached hydrogens (tertiary/aromatic N) is 6. The predicted octanol–water partition coefficient (Wildman–Crippen LogP) is 4.20. The number of anilines is 4. The number of carbonyl (C=O) groups is 1. The summed E-state index contributed by atoms with van der Waals surface area (Å²) < 4.78 is 5.84. The number of nitrogens with two attached hydrogens (primary N) is 1. The first-order valence-corrected chi connectivity index (χ1v) is 16.8. The second-order valence-corrected chi connectivity index (χ2v) is 13.8. The molecule has 11 heteroatoms. The molecule has 1 saturated carbocycles. The molecule has 7 rings (SSSR count). The van der Waals surface area contributed by atoms with Crippen LogP contribution in [-0.4, -0.2) is 102 Å². The molecule has 244 valence electrons. The lowest BCUT2D eigenvalue weighted by Crippen LogP contribution is -2.52.